The summed E-state index contributed by atoms with van der Waals surface area (Å²) in [6, 6.07) is 12.1. The predicted molar refractivity (Wildman–Crippen MR) is 120 cm³/mol. The van der Waals surface area contributed by atoms with Gasteiger partial charge in [0, 0.05) is 6.54 Å². The Hall–Kier alpha value is -3.07. The van der Waals surface area contributed by atoms with Crippen LogP contribution in [-0.2, 0) is 4.79 Å². The molecule has 1 atom stereocenters. The van der Waals surface area contributed by atoms with E-state index < -0.39 is 0 Å². The molecule has 166 valence electrons. The number of fused-ring (bicyclic) bond motifs is 1. The SMILES string of the molecule is Cc1cccc(-n2nnnc2SCC(=O)N2CCCC2c2ccc3c(c2)OCCO3)c1C. The number of carbonyl (C=O) groups is 1. The van der Waals surface area contributed by atoms with E-state index in [-0.39, 0.29) is 17.7 Å². The third-order valence-electron chi connectivity index (χ3n) is 6.09. The van der Waals surface area contributed by atoms with Crippen LogP contribution in [0, 0.1) is 13.8 Å². The average Bonchev–Trinajstić information content (AvgIpc) is 3.49. The molecule has 0 aliphatic carbocycles. The first-order chi connectivity index (χ1) is 15.6. The molecule has 0 radical (unpaired) electrons. The van der Waals surface area contributed by atoms with Crippen molar-refractivity contribution in [3.05, 3.63) is 53.1 Å². The average molecular weight is 452 g/mol. The van der Waals surface area contributed by atoms with Crippen LogP contribution in [0.2, 0.25) is 0 Å². The van der Waals surface area contributed by atoms with Crippen LogP contribution in [0.15, 0.2) is 41.6 Å². The van der Waals surface area contributed by atoms with Gasteiger partial charge in [-0.2, -0.15) is 4.68 Å². The van der Waals surface area contributed by atoms with Gasteiger partial charge in [0.15, 0.2) is 11.5 Å². The van der Waals surface area contributed by atoms with Gasteiger partial charge in [-0.1, -0.05) is 30.0 Å². The fourth-order valence-electron chi connectivity index (χ4n) is 4.27. The van der Waals surface area contributed by atoms with Gasteiger partial charge in [-0.25, -0.2) is 0 Å². The van der Waals surface area contributed by atoms with Crippen LogP contribution in [0.4, 0.5) is 0 Å². The Morgan fingerprint density at radius 1 is 1.16 bits per heavy atom. The lowest BCUT2D eigenvalue weighted by molar-refractivity contribution is -0.129. The molecule has 32 heavy (non-hydrogen) atoms. The van der Waals surface area contributed by atoms with Gasteiger partial charge < -0.3 is 14.4 Å². The third-order valence-corrected chi connectivity index (χ3v) is 7.00. The predicted octanol–water partition coefficient (Wildman–Crippen LogP) is 3.51. The minimum atomic E-state index is 0.0499. The number of hydrogen-bond donors (Lipinski definition) is 0. The van der Waals surface area contributed by atoms with Crippen molar-refractivity contribution in [2.45, 2.75) is 37.9 Å². The summed E-state index contributed by atoms with van der Waals surface area (Å²) in [5.74, 6) is 1.90. The fourth-order valence-corrected chi connectivity index (χ4v) is 5.04. The van der Waals surface area contributed by atoms with E-state index in [0.29, 0.717) is 18.4 Å². The molecule has 3 heterocycles. The van der Waals surface area contributed by atoms with Gasteiger partial charge in [0.1, 0.15) is 13.2 Å². The van der Waals surface area contributed by atoms with Crippen molar-refractivity contribution in [3.8, 4) is 17.2 Å². The molecule has 2 aliphatic rings. The number of amides is 1. The Morgan fingerprint density at radius 3 is 2.88 bits per heavy atom. The molecule has 5 rings (SSSR count). The van der Waals surface area contributed by atoms with E-state index in [4.69, 9.17) is 9.47 Å². The third kappa shape index (κ3) is 3.92. The second kappa shape index (κ2) is 8.82. The lowest BCUT2D eigenvalue weighted by Crippen LogP contribution is -2.32. The number of nitrogens with zero attached hydrogens (tertiary/aromatic N) is 5. The fraction of sp³-hybridized carbons (Fsp3) is 0.391. The van der Waals surface area contributed by atoms with Crippen molar-refractivity contribution in [3.63, 3.8) is 0 Å². The van der Waals surface area contributed by atoms with Crippen molar-refractivity contribution in [2.24, 2.45) is 0 Å². The molecule has 8 nitrogen and oxygen atoms in total. The van der Waals surface area contributed by atoms with Crippen molar-refractivity contribution >= 4 is 17.7 Å². The molecule has 2 aromatic carbocycles. The monoisotopic (exact) mass is 451 g/mol. The quantitative estimate of drug-likeness (QED) is 0.549. The van der Waals surface area contributed by atoms with Crippen molar-refractivity contribution in [1.82, 2.24) is 25.1 Å². The number of aromatic nitrogens is 4. The highest BCUT2D eigenvalue weighted by Gasteiger charge is 2.31. The van der Waals surface area contributed by atoms with Crippen LogP contribution < -0.4 is 9.47 Å². The van der Waals surface area contributed by atoms with Crippen LogP contribution in [0.25, 0.3) is 5.69 Å². The molecule has 1 saturated heterocycles. The summed E-state index contributed by atoms with van der Waals surface area (Å²) in [5.41, 5.74) is 4.31. The summed E-state index contributed by atoms with van der Waals surface area (Å²) in [5, 5.41) is 12.8. The molecule has 9 heteroatoms. The Bertz CT molecular complexity index is 1150. The zero-order chi connectivity index (χ0) is 22.1. The molecular formula is C23H25N5O3S. The summed E-state index contributed by atoms with van der Waals surface area (Å²) >= 11 is 1.37. The van der Waals surface area contributed by atoms with Crippen LogP contribution in [0.3, 0.4) is 0 Å². The number of thioether (sulfide) groups is 1. The molecule has 0 saturated carbocycles. The largest absolute Gasteiger partial charge is 0.486 e. The molecule has 2 aliphatic heterocycles. The summed E-state index contributed by atoms with van der Waals surface area (Å²) in [4.78, 5) is 15.1. The van der Waals surface area contributed by atoms with E-state index in [0.717, 1.165) is 47.7 Å². The Balaban J connectivity index is 1.30. The van der Waals surface area contributed by atoms with Gasteiger partial charge in [0.25, 0.3) is 0 Å². The highest BCUT2D eigenvalue weighted by Crippen LogP contribution is 2.38. The summed E-state index contributed by atoms with van der Waals surface area (Å²) < 4.78 is 13.1. The number of benzene rings is 2. The molecular weight excluding hydrogens is 426 g/mol. The smallest absolute Gasteiger partial charge is 0.233 e. The first-order valence-corrected chi connectivity index (χ1v) is 11.8. The summed E-state index contributed by atoms with van der Waals surface area (Å²) in [6.07, 6.45) is 1.92. The standard InChI is InChI=1S/C23H25N5O3S/c1-15-5-3-6-18(16(15)2)28-23(24-25-26-28)32-14-22(29)27-10-4-7-19(27)17-8-9-20-21(13-17)31-12-11-30-20/h3,5-6,8-9,13,19H,4,7,10-12,14H2,1-2H3. The van der Waals surface area contributed by atoms with Gasteiger partial charge in [-0.15, -0.1) is 5.10 Å². The van der Waals surface area contributed by atoms with Crippen LogP contribution in [0.1, 0.15) is 35.6 Å². The van der Waals surface area contributed by atoms with Gasteiger partial charge >= 0.3 is 0 Å². The molecule has 1 unspecified atom stereocenters. The number of likely N-dealkylation sites (tertiary alicyclic amines) is 1. The van der Waals surface area contributed by atoms with Crippen LogP contribution in [-0.4, -0.2) is 56.5 Å². The van der Waals surface area contributed by atoms with Crippen LogP contribution in [0.5, 0.6) is 11.5 Å². The molecule has 3 aromatic rings. The number of tetrazole rings is 1. The molecule has 0 N–H and O–H groups in total. The van der Waals surface area contributed by atoms with Crippen LogP contribution >= 0.6 is 11.8 Å². The number of carbonyl (C=O) groups excluding carboxylic acids is 1. The maximum Gasteiger partial charge on any atom is 0.233 e. The molecule has 0 spiro atoms. The van der Waals surface area contributed by atoms with E-state index >= 15 is 0 Å². The van der Waals surface area contributed by atoms with Crippen molar-refractivity contribution in [1.29, 1.82) is 0 Å². The van der Waals surface area contributed by atoms with Gasteiger partial charge in [-0.3, -0.25) is 4.79 Å². The highest BCUT2D eigenvalue weighted by atomic mass is 32.2. The van der Waals surface area contributed by atoms with Gasteiger partial charge in [0.2, 0.25) is 11.1 Å². The lowest BCUT2D eigenvalue weighted by atomic mass is 10.0. The van der Waals surface area contributed by atoms with Gasteiger partial charge in [0.05, 0.1) is 17.5 Å². The van der Waals surface area contributed by atoms with Crippen molar-refractivity contribution < 1.29 is 14.3 Å². The zero-order valence-corrected chi connectivity index (χ0v) is 19.0. The van der Waals surface area contributed by atoms with Crippen molar-refractivity contribution in [2.75, 3.05) is 25.5 Å². The number of aryl methyl sites for hydroxylation is 1. The van der Waals surface area contributed by atoms with E-state index in [9.17, 15) is 4.79 Å². The first-order valence-electron chi connectivity index (χ1n) is 10.8. The first kappa shape index (κ1) is 20.8. The maximum atomic E-state index is 13.2. The lowest BCUT2D eigenvalue weighted by Gasteiger charge is -2.26. The maximum absolute atomic E-state index is 13.2. The highest BCUT2D eigenvalue weighted by molar-refractivity contribution is 7.99. The Labute approximate surface area is 190 Å². The van der Waals surface area contributed by atoms with E-state index in [1.165, 1.54) is 17.3 Å². The Morgan fingerprint density at radius 2 is 2.00 bits per heavy atom. The zero-order valence-electron chi connectivity index (χ0n) is 18.2. The molecule has 0 bridgehead atoms. The summed E-state index contributed by atoms with van der Waals surface area (Å²) in [6.45, 7) is 5.98. The molecule has 1 fully saturated rings. The van der Waals surface area contributed by atoms with E-state index in [1.807, 2.05) is 42.2 Å². The number of rotatable bonds is 5. The van der Waals surface area contributed by atoms with E-state index in [1.54, 1.807) is 4.68 Å². The van der Waals surface area contributed by atoms with E-state index in [2.05, 4.69) is 28.5 Å². The molecule has 1 amide bonds. The molecule has 1 aromatic heterocycles. The van der Waals surface area contributed by atoms with Gasteiger partial charge in [-0.05, 0) is 72.0 Å². The second-order valence-electron chi connectivity index (χ2n) is 8.03. The Kier molecular flexibility index (Phi) is 5.73. The summed E-state index contributed by atoms with van der Waals surface area (Å²) in [7, 11) is 0. The minimum Gasteiger partial charge on any atom is -0.486 e. The number of ether oxygens (including phenoxy) is 2. The number of hydrogen-bond acceptors (Lipinski definition) is 7. The second-order valence-corrected chi connectivity index (χ2v) is 8.97. The normalized spacial score (nSPS) is 17.6. The minimum absolute atomic E-state index is 0.0499. The topological polar surface area (TPSA) is 82.4 Å².